The molecule has 4 aromatic rings. The van der Waals surface area contributed by atoms with Gasteiger partial charge in [-0.15, -0.1) is 11.3 Å². The van der Waals surface area contributed by atoms with Crippen molar-refractivity contribution in [2.45, 2.75) is 13.0 Å². The SMILES string of the molecule is CNC(=O)CN(C)c1nc2c(Cl)cccc2cc1[C@H](C)Nc1ncnc2sccc12. The number of carbonyl (C=O) groups is 1. The van der Waals surface area contributed by atoms with E-state index in [2.05, 4.69) is 26.7 Å². The first kappa shape index (κ1) is 20.3. The number of rotatable bonds is 6. The van der Waals surface area contributed by atoms with E-state index in [4.69, 9.17) is 16.6 Å². The van der Waals surface area contributed by atoms with Gasteiger partial charge in [-0.1, -0.05) is 23.7 Å². The van der Waals surface area contributed by atoms with E-state index in [1.165, 1.54) is 0 Å². The van der Waals surface area contributed by atoms with Crippen LogP contribution in [-0.4, -0.2) is 41.5 Å². The maximum atomic E-state index is 12.0. The molecule has 1 aromatic carbocycles. The standard InChI is InChI=1S/C21H21ClN6OS/c1-12(26-19-14-7-8-30-21(14)25-11-24-19)15-9-13-5-4-6-16(22)18(13)27-20(15)28(3)10-17(29)23-2/h4-9,11-12H,10H2,1-3H3,(H,23,29)(H,24,25,26)/t12-/m0/s1. The van der Waals surface area contributed by atoms with Crippen molar-refractivity contribution in [1.82, 2.24) is 20.3 Å². The first-order valence-corrected chi connectivity index (χ1v) is 10.7. The molecule has 0 bridgehead atoms. The second kappa shape index (κ2) is 8.41. The Labute approximate surface area is 183 Å². The normalized spacial score (nSPS) is 12.1. The monoisotopic (exact) mass is 440 g/mol. The molecule has 0 saturated heterocycles. The zero-order valence-electron chi connectivity index (χ0n) is 16.8. The fourth-order valence-corrected chi connectivity index (χ4v) is 4.31. The number of likely N-dealkylation sites (N-methyl/N-ethyl adjacent to an activating group) is 2. The smallest absolute Gasteiger partial charge is 0.239 e. The molecule has 3 heterocycles. The van der Waals surface area contributed by atoms with Gasteiger partial charge < -0.3 is 15.5 Å². The van der Waals surface area contributed by atoms with Gasteiger partial charge in [0.15, 0.2) is 0 Å². The lowest BCUT2D eigenvalue weighted by molar-refractivity contribution is -0.119. The third-order valence-corrected chi connectivity index (χ3v) is 6.03. The summed E-state index contributed by atoms with van der Waals surface area (Å²) in [5.41, 5.74) is 1.65. The average Bonchev–Trinajstić information content (AvgIpc) is 3.23. The second-order valence-corrected chi connectivity index (χ2v) is 8.27. The van der Waals surface area contributed by atoms with Crippen LogP contribution in [0.1, 0.15) is 18.5 Å². The van der Waals surface area contributed by atoms with Crippen LogP contribution in [0.3, 0.4) is 0 Å². The number of nitrogens with zero attached hydrogens (tertiary/aromatic N) is 4. The summed E-state index contributed by atoms with van der Waals surface area (Å²) in [6.45, 7) is 2.23. The van der Waals surface area contributed by atoms with Crippen LogP contribution in [0.25, 0.3) is 21.1 Å². The first-order chi connectivity index (χ1) is 14.5. The molecule has 3 aromatic heterocycles. The van der Waals surface area contributed by atoms with Crippen molar-refractivity contribution in [3.63, 3.8) is 0 Å². The number of aromatic nitrogens is 3. The summed E-state index contributed by atoms with van der Waals surface area (Å²) in [4.78, 5) is 28.3. The largest absolute Gasteiger partial charge is 0.363 e. The third-order valence-electron chi connectivity index (χ3n) is 4.91. The van der Waals surface area contributed by atoms with Crippen LogP contribution in [-0.2, 0) is 4.79 Å². The van der Waals surface area contributed by atoms with Gasteiger partial charge in [-0.05, 0) is 30.5 Å². The summed E-state index contributed by atoms with van der Waals surface area (Å²) < 4.78 is 0. The van der Waals surface area contributed by atoms with Gasteiger partial charge in [-0.2, -0.15) is 0 Å². The molecule has 0 unspecified atom stereocenters. The summed E-state index contributed by atoms with van der Waals surface area (Å²) >= 11 is 7.96. The Hall–Kier alpha value is -2.97. The highest BCUT2D eigenvalue weighted by atomic mass is 35.5. The minimum atomic E-state index is -0.124. The molecule has 7 nitrogen and oxygen atoms in total. The van der Waals surface area contributed by atoms with Crippen molar-refractivity contribution in [3.05, 3.63) is 52.6 Å². The topological polar surface area (TPSA) is 83.0 Å². The number of hydrogen-bond donors (Lipinski definition) is 2. The van der Waals surface area contributed by atoms with Gasteiger partial charge in [-0.3, -0.25) is 4.79 Å². The summed E-state index contributed by atoms with van der Waals surface area (Å²) in [5, 5.41) is 10.6. The predicted molar refractivity (Wildman–Crippen MR) is 124 cm³/mol. The third kappa shape index (κ3) is 3.88. The fourth-order valence-electron chi connectivity index (χ4n) is 3.35. The average molecular weight is 441 g/mol. The Morgan fingerprint density at radius 1 is 1.30 bits per heavy atom. The van der Waals surface area contributed by atoms with E-state index in [1.54, 1.807) is 24.7 Å². The maximum absolute atomic E-state index is 12.0. The Morgan fingerprint density at radius 3 is 2.93 bits per heavy atom. The molecule has 1 amide bonds. The minimum absolute atomic E-state index is 0.0964. The molecular weight excluding hydrogens is 420 g/mol. The summed E-state index contributed by atoms with van der Waals surface area (Å²) in [7, 11) is 3.46. The number of pyridine rings is 1. The number of benzene rings is 1. The predicted octanol–water partition coefficient (Wildman–Crippen LogP) is 4.25. The maximum Gasteiger partial charge on any atom is 0.239 e. The number of amides is 1. The van der Waals surface area contributed by atoms with Crippen LogP contribution in [0.5, 0.6) is 0 Å². The molecule has 154 valence electrons. The number of thiophene rings is 1. The quantitative estimate of drug-likeness (QED) is 0.466. The molecule has 2 N–H and O–H groups in total. The van der Waals surface area contributed by atoms with E-state index in [-0.39, 0.29) is 18.5 Å². The lowest BCUT2D eigenvalue weighted by Gasteiger charge is -2.25. The van der Waals surface area contributed by atoms with E-state index in [0.29, 0.717) is 16.4 Å². The lowest BCUT2D eigenvalue weighted by Crippen LogP contribution is -2.34. The molecule has 0 spiro atoms. The van der Waals surface area contributed by atoms with Crippen LogP contribution < -0.4 is 15.5 Å². The van der Waals surface area contributed by atoms with Crippen LogP contribution in [0.15, 0.2) is 42.0 Å². The van der Waals surface area contributed by atoms with Crippen molar-refractivity contribution in [3.8, 4) is 0 Å². The van der Waals surface area contributed by atoms with Gasteiger partial charge in [-0.25, -0.2) is 15.0 Å². The highest BCUT2D eigenvalue weighted by Gasteiger charge is 2.20. The highest BCUT2D eigenvalue weighted by molar-refractivity contribution is 7.16. The van der Waals surface area contributed by atoms with E-state index < -0.39 is 0 Å². The van der Waals surface area contributed by atoms with Gasteiger partial charge in [0.2, 0.25) is 5.91 Å². The molecule has 30 heavy (non-hydrogen) atoms. The van der Waals surface area contributed by atoms with Gasteiger partial charge in [0, 0.05) is 25.0 Å². The number of anilines is 2. The van der Waals surface area contributed by atoms with Crippen molar-refractivity contribution >= 4 is 61.6 Å². The first-order valence-electron chi connectivity index (χ1n) is 9.43. The van der Waals surface area contributed by atoms with Crippen LogP contribution in [0.2, 0.25) is 5.02 Å². The van der Waals surface area contributed by atoms with Crippen molar-refractivity contribution in [2.24, 2.45) is 0 Å². The fraction of sp³-hybridized carbons (Fsp3) is 0.238. The number of hydrogen-bond acceptors (Lipinski definition) is 7. The number of para-hydroxylation sites is 1. The highest BCUT2D eigenvalue weighted by Crippen LogP contribution is 2.33. The van der Waals surface area contributed by atoms with Gasteiger partial charge >= 0.3 is 0 Å². The Morgan fingerprint density at radius 2 is 2.13 bits per heavy atom. The van der Waals surface area contributed by atoms with Gasteiger partial charge in [0.25, 0.3) is 0 Å². The van der Waals surface area contributed by atoms with Gasteiger partial charge in [0.1, 0.15) is 22.8 Å². The van der Waals surface area contributed by atoms with E-state index in [0.717, 1.165) is 27.0 Å². The summed E-state index contributed by atoms with van der Waals surface area (Å²) in [6, 6.07) is 9.64. The summed E-state index contributed by atoms with van der Waals surface area (Å²) in [5.74, 6) is 1.36. The lowest BCUT2D eigenvalue weighted by atomic mass is 10.1. The zero-order chi connectivity index (χ0) is 21.3. The molecule has 0 aliphatic rings. The number of nitrogens with one attached hydrogen (secondary N) is 2. The van der Waals surface area contributed by atoms with Gasteiger partial charge in [0.05, 0.1) is 28.5 Å². The molecule has 0 fully saturated rings. The molecule has 0 aliphatic heterocycles. The van der Waals surface area contributed by atoms with Crippen molar-refractivity contribution in [2.75, 3.05) is 30.9 Å². The Balaban J connectivity index is 1.78. The Kier molecular flexibility index (Phi) is 5.69. The van der Waals surface area contributed by atoms with E-state index in [9.17, 15) is 4.79 Å². The van der Waals surface area contributed by atoms with Crippen molar-refractivity contribution in [1.29, 1.82) is 0 Å². The molecule has 0 radical (unpaired) electrons. The second-order valence-electron chi connectivity index (χ2n) is 6.97. The van der Waals surface area contributed by atoms with E-state index >= 15 is 0 Å². The zero-order valence-corrected chi connectivity index (χ0v) is 18.4. The van der Waals surface area contributed by atoms with E-state index in [1.807, 2.05) is 48.5 Å². The number of halogens is 1. The molecule has 0 saturated carbocycles. The van der Waals surface area contributed by atoms with Crippen LogP contribution in [0, 0.1) is 0 Å². The van der Waals surface area contributed by atoms with Crippen LogP contribution >= 0.6 is 22.9 Å². The summed E-state index contributed by atoms with van der Waals surface area (Å²) in [6.07, 6.45) is 1.56. The molecular formula is C21H21ClN6OS. The minimum Gasteiger partial charge on any atom is -0.363 e. The molecule has 4 rings (SSSR count). The molecule has 9 heteroatoms. The molecule has 1 atom stereocenters. The number of fused-ring (bicyclic) bond motifs is 2. The van der Waals surface area contributed by atoms with Crippen molar-refractivity contribution < 1.29 is 4.79 Å². The Bertz CT molecular complexity index is 1230. The number of carbonyl (C=O) groups excluding carboxylic acids is 1. The molecule has 0 aliphatic carbocycles. The van der Waals surface area contributed by atoms with Crippen LogP contribution in [0.4, 0.5) is 11.6 Å².